The van der Waals surface area contributed by atoms with Crippen LogP contribution in [0.5, 0.6) is 17.4 Å². The highest BCUT2D eigenvalue weighted by atomic mass is 16.5. The largest absolute Gasteiger partial charge is 0.493 e. The second kappa shape index (κ2) is 9.30. The summed E-state index contributed by atoms with van der Waals surface area (Å²) < 4.78 is 13.7. The molecule has 5 rings (SSSR count). The molecule has 3 aromatic rings. The van der Waals surface area contributed by atoms with Crippen LogP contribution in [0.25, 0.3) is 11.3 Å². The Kier molecular flexibility index (Phi) is 6.07. The highest BCUT2D eigenvalue weighted by Crippen LogP contribution is 2.39. The molecule has 0 unspecified atom stereocenters. The van der Waals surface area contributed by atoms with Crippen molar-refractivity contribution >= 4 is 5.91 Å². The number of methoxy groups -OCH3 is 1. The zero-order valence-electron chi connectivity index (χ0n) is 19.4. The number of para-hydroxylation sites is 2. The summed E-state index contributed by atoms with van der Waals surface area (Å²) in [4.78, 5) is 15.4. The van der Waals surface area contributed by atoms with E-state index in [1.165, 1.54) is 12.8 Å². The van der Waals surface area contributed by atoms with Crippen LogP contribution in [0.3, 0.4) is 0 Å². The van der Waals surface area contributed by atoms with Gasteiger partial charge in [0.1, 0.15) is 5.69 Å². The van der Waals surface area contributed by atoms with Gasteiger partial charge in [0.05, 0.1) is 19.2 Å². The topological polar surface area (TPSA) is 56.6 Å². The van der Waals surface area contributed by atoms with Gasteiger partial charge in [-0.05, 0) is 43.7 Å². The van der Waals surface area contributed by atoms with Crippen LogP contribution in [0.2, 0.25) is 0 Å². The Bertz CT molecular complexity index is 1120. The molecule has 0 radical (unpaired) electrons. The molecule has 0 saturated heterocycles. The van der Waals surface area contributed by atoms with Gasteiger partial charge in [-0.15, -0.1) is 0 Å². The van der Waals surface area contributed by atoms with Crippen molar-refractivity contribution in [3.63, 3.8) is 0 Å². The number of carbonyl (C=O) groups excluding carboxylic acids is 1. The fourth-order valence-corrected chi connectivity index (χ4v) is 4.41. The van der Waals surface area contributed by atoms with Gasteiger partial charge in [-0.3, -0.25) is 4.79 Å². The Balaban J connectivity index is 1.54. The van der Waals surface area contributed by atoms with Gasteiger partial charge in [-0.1, -0.05) is 48.9 Å². The predicted molar refractivity (Wildman–Crippen MR) is 127 cm³/mol. The standard InChI is InChI=1S/C27H31N3O3/c1-29-27(33-24-14-7-6-13-23(24)32-2)22(25(28-29)20-9-4-3-5-10-20)18-30(17-19-15-16-19)26(31)21-11-8-12-21/h3-7,9-10,13-14,19,21H,8,11-12,15-18H2,1-2H3. The van der Waals surface area contributed by atoms with Gasteiger partial charge in [0.15, 0.2) is 11.5 Å². The lowest BCUT2D eigenvalue weighted by molar-refractivity contribution is -0.139. The lowest BCUT2D eigenvalue weighted by Gasteiger charge is -2.32. The van der Waals surface area contributed by atoms with E-state index < -0.39 is 0 Å². The maximum atomic E-state index is 13.4. The smallest absolute Gasteiger partial charge is 0.225 e. The SMILES string of the molecule is COc1ccccc1Oc1c(CN(CC2CC2)C(=O)C2CCC2)c(-c2ccccc2)nn1C. The Hall–Kier alpha value is -3.28. The summed E-state index contributed by atoms with van der Waals surface area (Å²) in [7, 11) is 3.52. The second-order valence-corrected chi connectivity index (χ2v) is 9.16. The van der Waals surface area contributed by atoms with Crippen molar-refractivity contribution in [2.75, 3.05) is 13.7 Å². The Labute approximate surface area is 195 Å². The van der Waals surface area contributed by atoms with Crippen molar-refractivity contribution in [3.8, 4) is 28.6 Å². The number of aromatic nitrogens is 2. The number of rotatable bonds is 9. The van der Waals surface area contributed by atoms with Gasteiger partial charge < -0.3 is 14.4 Å². The number of hydrogen-bond donors (Lipinski definition) is 0. The lowest BCUT2D eigenvalue weighted by Crippen LogP contribution is -2.39. The minimum Gasteiger partial charge on any atom is -0.493 e. The van der Waals surface area contributed by atoms with Crippen LogP contribution in [-0.4, -0.2) is 34.2 Å². The van der Waals surface area contributed by atoms with Gasteiger partial charge in [0.2, 0.25) is 11.8 Å². The maximum Gasteiger partial charge on any atom is 0.225 e. The number of carbonyl (C=O) groups is 1. The zero-order valence-corrected chi connectivity index (χ0v) is 19.4. The van der Waals surface area contributed by atoms with E-state index in [1.54, 1.807) is 11.8 Å². The van der Waals surface area contributed by atoms with E-state index in [2.05, 4.69) is 17.0 Å². The number of hydrogen-bond acceptors (Lipinski definition) is 4. The molecule has 2 aromatic carbocycles. The maximum absolute atomic E-state index is 13.4. The van der Waals surface area contributed by atoms with Crippen LogP contribution in [0.1, 0.15) is 37.7 Å². The number of ether oxygens (including phenoxy) is 2. The van der Waals surface area contributed by atoms with Crippen molar-refractivity contribution in [1.82, 2.24) is 14.7 Å². The van der Waals surface area contributed by atoms with E-state index in [0.717, 1.165) is 42.6 Å². The highest BCUT2D eigenvalue weighted by molar-refractivity contribution is 5.80. The van der Waals surface area contributed by atoms with Gasteiger partial charge in [-0.2, -0.15) is 5.10 Å². The molecular weight excluding hydrogens is 414 g/mol. The first kappa shape index (κ1) is 21.6. The third kappa shape index (κ3) is 4.61. The Morgan fingerprint density at radius 3 is 2.36 bits per heavy atom. The highest BCUT2D eigenvalue weighted by Gasteiger charge is 2.35. The summed E-state index contributed by atoms with van der Waals surface area (Å²) in [6.45, 7) is 1.31. The molecule has 2 aliphatic rings. The molecule has 0 aliphatic heterocycles. The first-order valence-electron chi connectivity index (χ1n) is 11.8. The van der Waals surface area contributed by atoms with Crippen molar-refractivity contribution in [2.24, 2.45) is 18.9 Å². The third-order valence-electron chi connectivity index (χ3n) is 6.70. The summed E-state index contributed by atoms with van der Waals surface area (Å²) in [6.07, 6.45) is 5.57. The quantitative estimate of drug-likeness (QED) is 0.441. The normalized spacial score (nSPS) is 15.7. The minimum absolute atomic E-state index is 0.166. The molecule has 0 N–H and O–H groups in total. The summed E-state index contributed by atoms with van der Waals surface area (Å²) in [5, 5.41) is 4.83. The van der Waals surface area contributed by atoms with Crippen molar-refractivity contribution in [2.45, 2.75) is 38.6 Å². The molecule has 0 bridgehead atoms. The summed E-state index contributed by atoms with van der Waals surface area (Å²) in [6, 6.07) is 17.7. The molecule has 0 atom stereocenters. The molecule has 1 heterocycles. The van der Waals surface area contributed by atoms with Gasteiger partial charge in [0, 0.05) is 25.1 Å². The third-order valence-corrected chi connectivity index (χ3v) is 6.70. The van der Waals surface area contributed by atoms with E-state index in [1.807, 2.05) is 49.5 Å². The molecule has 33 heavy (non-hydrogen) atoms. The monoisotopic (exact) mass is 445 g/mol. The second-order valence-electron chi connectivity index (χ2n) is 9.16. The van der Waals surface area contributed by atoms with Crippen LogP contribution in [0.4, 0.5) is 0 Å². The Morgan fingerprint density at radius 2 is 1.73 bits per heavy atom. The fourth-order valence-electron chi connectivity index (χ4n) is 4.41. The lowest BCUT2D eigenvalue weighted by atomic mass is 9.84. The number of aryl methyl sites for hydroxylation is 1. The number of benzene rings is 2. The van der Waals surface area contributed by atoms with Crippen LogP contribution in [0.15, 0.2) is 54.6 Å². The first-order valence-corrected chi connectivity index (χ1v) is 11.8. The van der Waals surface area contributed by atoms with E-state index >= 15 is 0 Å². The van der Waals surface area contributed by atoms with E-state index in [4.69, 9.17) is 14.6 Å². The number of amides is 1. The summed E-state index contributed by atoms with van der Waals surface area (Å²) in [5.74, 6) is 2.98. The van der Waals surface area contributed by atoms with Gasteiger partial charge in [0.25, 0.3) is 0 Å². The molecule has 1 aromatic heterocycles. The van der Waals surface area contributed by atoms with E-state index in [0.29, 0.717) is 29.8 Å². The molecular formula is C27H31N3O3. The van der Waals surface area contributed by atoms with Crippen LogP contribution < -0.4 is 9.47 Å². The van der Waals surface area contributed by atoms with Crippen LogP contribution in [-0.2, 0) is 18.4 Å². The molecule has 1 amide bonds. The van der Waals surface area contributed by atoms with Crippen molar-refractivity contribution in [3.05, 3.63) is 60.2 Å². The van der Waals surface area contributed by atoms with E-state index in [9.17, 15) is 4.79 Å². The van der Waals surface area contributed by atoms with E-state index in [-0.39, 0.29) is 11.8 Å². The summed E-state index contributed by atoms with van der Waals surface area (Å²) >= 11 is 0. The molecule has 6 nitrogen and oxygen atoms in total. The van der Waals surface area contributed by atoms with Crippen molar-refractivity contribution < 1.29 is 14.3 Å². The summed E-state index contributed by atoms with van der Waals surface area (Å²) in [5.41, 5.74) is 2.80. The van der Waals surface area contributed by atoms with Crippen molar-refractivity contribution in [1.29, 1.82) is 0 Å². The zero-order chi connectivity index (χ0) is 22.8. The minimum atomic E-state index is 0.166. The molecule has 6 heteroatoms. The predicted octanol–water partition coefficient (Wildman–Crippen LogP) is 5.43. The molecule has 2 saturated carbocycles. The molecule has 2 aliphatic carbocycles. The molecule has 2 fully saturated rings. The van der Waals surface area contributed by atoms with Crippen LogP contribution >= 0.6 is 0 Å². The fraction of sp³-hybridized carbons (Fsp3) is 0.407. The molecule has 0 spiro atoms. The van der Waals surface area contributed by atoms with Gasteiger partial charge >= 0.3 is 0 Å². The molecule has 172 valence electrons. The Morgan fingerprint density at radius 1 is 1.03 bits per heavy atom. The first-order chi connectivity index (χ1) is 16.1. The average Bonchev–Trinajstić information content (AvgIpc) is 3.57. The van der Waals surface area contributed by atoms with Gasteiger partial charge in [-0.25, -0.2) is 4.68 Å². The number of nitrogens with zero attached hydrogens (tertiary/aromatic N) is 3. The van der Waals surface area contributed by atoms with Crippen LogP contribution in [0, 0.1) is 11.8 Å². The average molecular weight is 446 g/mol.